The van der Waals surface area contributed by atoms with Crippen LogP contribution in [0.5, 0.6) is 0 Å². The summed E-state index contributed by atoms with van der Waals surface area (Å²) in [6.07, 6.45) is -1.14. The van der Waals surface area contributed by atoms with Crippen molar-refractivity contribution in [3.8, 4) is 0 Å². The van der Waals surface area contributed by atoms with Crippen LogP contribution in [0.4, 0.5) is 13.2 Å². The fourth-order valence-electron chi connectivity index (χ4n) is 4.26. The van der Waals surface area contributed by atoms with Crippen LogP contribution in [-0.2, 0) is 22.3 Å². The SMILES string of the molecule is Cc1ncn(CC2CC2)c1C(=O)NNC(=O)[C@@H]1C[C@H](N(C)C(=O)c2cccc(C(F)(F)F)c2)CCO1. The number of nitrogens with one attached hydrogen (secondary N) is 2. The Bertz CT molecular complexity index is 1150. The molecule has 1 aliphatic heterocycles. The number of benzene rings is 1. The maximum atomic E-state index is 13.0. The van der Waals surface area contributed by atoms with Crippen molar-refractivity contribution in [3.05, 3.63) is 53.1 Å². The molecule has 2 aliphatic rings. The van der Waals surface area contributed by atoms with Gasteiger partial charge < -0.3 is 14.2 Å². The molecule has 4 rings (SSSR count). The van der Waals surface area contributed by atoms with E-state index in [0.717, 1.165) is 25.0 Å². The highest BCUT2D eigenvalue weighted by Gasteiger charge is 2.34. The molecule has 0 bridgehead atoms. The number of halogens is 3. The number of ether oxygens (including phenoxy) is 1. The number of hydrogen-bond acceptors (Lipinski definition) is 5. The molecule has 0 spiro atoms. The van der Waals surface area contributed by atoms with Crippen LogP contribution < -0.4 is 10.9 Å². The van der Waals surface area contributed by atoms with Crippen molar-refractivity contribution in [2.24, 2.45) is 5.92 Å². The number of carbonyl (C=O) groups is 3. The first-order valence-electron chi connectivity index (χ1n) is 11.7. The summed E-state index contributed by atoms with van der Waals surface area (Å²) in [5.74, 6) is -1.13. The monoisotopic (exact) mass is 507 g/mol. The van der Waals surface area contributed by atoms with Gasteiger partial charge in [-0.05, 0) is 50.3 Å². The first-order valence-corrected chi connectivity index (χ1v) is 11.7. The summed E-state index contributed by atoms with van der Waals surface area (Å²) in [7, 11) is 1.49. The van der Waals surface area contributed by atoms with Gasteiger partial charge >= 0.3 is 6.18 Å². The van der Waals surface area contributed by atoms with Crippen molar-refractivity contribution >= 4 is 17.7 Å². The highest BCUT2D eigenvalue weighted by atomic mass is 19.4. The normalized spacial score (nSPS) is 20.0. The third-order valence-electron chi connectivity index (χ3n) is 6.54. The first-order chi connectivity index (χ1) is 17.0. The molecule has 2 fully saturated rings. The first kappa shape index (κ1) is 25.7. The second-order valence-electron chi connectivity index (χ2n) is 9.25. The molecule has 0 radical (unpaired) electrons. The van der Waals surface area contributed by atoms with Crippen molar-refractivity contribution in [1.29, 1.82) is 0 Å². The van der Waals surface area contributed by atoms with Crippen LogP contribution >= 0.6 is 0 Å². The average molecular weight is 508 g/mol. The summed E-state index contributed by atoms with van der Waals surface area (Å²) in [6.45, 7) is 2.58. The zero-order chi connectivity index (χ0) is 26.0. The Morgan fingerprint density at radius 2 is 1.94 bits per heavy atom. The molecule has 2 heterocycles. The lowest BCUT2D eigenvalue weighted by atomic mass is 10.00. The number of rotatable bonds is 6. The minimum Gasteiger partial charge on any atom is -0.368 e. The lowest BCUT2D eigenvalue weighted by Gasteiger charge is -2.35. The lowest BCUT2D eigenvalue weighted by Crippen LogP contribution is -2.52. The Morgan fingerprint density at radius 3 is 2.64 bits per heavy atom. The van der Waals surface area contributed by atoms with Gasteiger partial charge in [0.05, 0.1) is 17.6 Å². The van der Waals surface area contributed by atoms with Crippen LogP contribution in [0.2, 0.25) is 0 Å². The molecule has 1 saturated heterocycles. The standard InChI is InChI=1S/C24H28F3N5O4/c1-14-20(32(13-28-14)12-15-6-7-15)22(34)30-29-21(33)19-11-18(8-9-36-19)31(2)23(35)16-4-3-5-17(10-16)24(25,26)27/h3-5,10,13,15,18-19H,6-9,11-12H2,1-2H3,(H,29,33)(H,30,34)/t18-,19+/m1/s1. The molecule has 1 aromatic carbocycles. The third-order valence-corrected chi connectivity index (χ3v) is 6.54. The molecule has 12 heteroatoms. The van der Waals surface area contributed by atoms with Gasteiger partial charge in [-0.15, -0.1) is 0 Å². The quantitative estimate of drug-likeness (QED) is 0.585. The lowest BCUT2D eigenvalue weighted by molar-refractivity contribution is -0.138. The molecule has 1 saturated carbocycles. The van der Waals surface area contributed by atoms with Crippen LogP contribution in [0.1, 0.15) is 57.8 Å². The van der Waals surface area contributed by atoms with Gasteiger partial charge in [0, 0.05) is 38.2 Å². The number of alkyl halides is 3. The van der Waals surface area contributed by atoms with E-state index in [2.05, 4.69) is 15.8 Å². The number of nitrogens with zero attached hydrogens (tertiary/aromatic N) is 3. The number of imidazole rings is 1. The average Bonchev–Trinajstić information content (AvgIpc) is 3.61. The molecular weight excluding hydrogens is 479 g/mol. The molecule has 9 nitrogen and oxygen atoms in total. The van der Waals surface area contributed by atoms with E-state index in [-0.39, 0.29) is 18.6 Å². The van der Waals surface area contributed by atoms with E-state index in [9.17, 15) is 27.6 Å². The smallest absolute Gasteiger partial charge is 0.368 e. The number of hydrogen-bond donors (Lipinski definition) is 2. The molecule has 1 aliphatic carbocycles. The second-order valence-corrected chi connectivity index (χ2v) is 9.25. The van der Waals surface area contributed by atoms with Gasteiger partial charge in [0.15, 0.2) is 0 Å². The van der Waals surface area contributed by atoms with Gasteiger partial charge in [0.1, 0.15) is 11.8 Å². The molecule has 2 atom stereocenters. The van der Waals surface area contributed by atoms with E-state index in [1.807, 2.05) is 0 Å². The molecule has 36 heavy (non-hydrogen) atoms. The van der Waals surface area contributed by atoms with Gasteiger partial charge in [-0.2, -0.15) is 13.2 Å². The Labute approximate surface area is 206 Å². The van der Waals surface area contributed by atoms with E-state index < -0.39 is 41.6 Å². The van der Waals surface area contributed by atoms with Crippen LogP contribution in [-0.4, -0.2) is 58.0 Å². The topological polar surface area (TPSA) is 106 Å². The second kappa shape index (κ2) is 10.3. The van der Waals surface area contributed by atoms with E-state index in [4.69, 9.17) is 4.74 Å². The third kappa shape index (κ3) is 5.86. The maximum Gasteiger partial charge on any atom is 0.416 e. The highest BCUT2D eigenvalue weighted by molar-refractivity contribution is 5.96. The fraction of sp³-hybridized carbons (Fsp3) is 0.500. The van der Waals surface area contributed by atoms with E-state index >= 15 is 0 Å². The van der Waals surface area contributed by atoms with E-state index in [0.29, 0.717) is 30.3 Å². The molecule has 3 amide bonds. The zero-order valence-corrected chi connectivity index (χ0v) is 20.0. The Morgan fingerprint density at radius 1 is 1.19 bits per heavy atom. The summed E-state index contributed by atoms with van der Waals surface area (Å²) in [6, 6.07) is 3.79. The van der Waals surface area contributed by atoms with Crippen molar-refractivity contribution in [2.45, 2.75) is 57.5 Å². The van der Waals surface area contributed by atoms with Crippen molar-refractivity contribution < 1.29 is 32.3 Å². The predicted octanol–water partition coefficient (Wildman–Crippen LogP) is 2.70. The summed E-state index contributed by atoms with van der Waals surface area (Å²) in [4.78, 5) is 43.7. The molecular formula is C24H28F3N5O4. The minimum atomic E-state index is -4.56. The zero-order valence-electron chi connectivity index (χ0n) is 20.0. The van der Waals surface area contributed by atoms with Gasteiger partial charge in [-0.3, -0.25) is 25.2 Å². The number of carbonyl (C=O) groups excluding carboxylic acids is 3. The number of hydrazine groups is 1. The summed E-state index contributed by atoms with van der Waals surface area (Å²) < 4.78 is 46.4. The van der Waals surface area contributed by atoms with Crippen LogP contribution in [0.25, 0.3) is 0 Å². The molecule has 1 aromatic heterocycles. The van der Waals surface area contributed by atoms with Crippen molar-refractivity contribution in [3.63, 3.8) is 0 Å². The van der Waals surface area contributed by atoms with Crippen LogP contribution in [0, 0.1) is 12.8 Å². The summed E-state index contributed by atoms with van der Waals surface area (Å²) in [5.41, 5.74) is 4.70. The van der Waals surface area contributed by atoms with Crippen LogP contribution in [0.15, 0.2) is 30.6 Å². The highest BCUT2D eigenvalue weighted by Crippen LogP contribution is 2.31. The summed E-state index contributed by atoms with van der Waals surface area (Å²) in [5, 5.41) is 0. The molecule has 194 valence electrons. The van der Waals surface area contributed by atoms with E-state index in [1.165, 1.54) is 24.1 Å². The van der Waals surface area contributed by atoms with Crippen molar-refractivity contribution in [2.75, 3.05) is 13.7 Å². The number of aryl methyl sites for hydroxylation is 1. The largest absolute Gasteiger partial charge is 0.416 e. The predicted molar refractivity (Wildman–Crippen MR) is 122 cm³/mol. The Kier molecular flexibility index (Phi) is 7.34. The van der Waals surface area contributed by atoms with Gasteiger partial charge in [0.2, 0.25) is 0 Å². The van der Waals surface area contributed by atoms with Crippen LogP contribution in [0.3, 0.4) is 0 Å². The molecule has 2 N–H and O–H groups in total. The van der Waals surface area contributed by atoms with Gasteiger partial charge in [-0.1, -0.05) is 6.07 Å². The summed E-state index contributed by atoms with van der Waals surface area (Å²) >= 11 is 0. The molecule has 0 unspecified atom stereocenters. The Balaban J connectivity index is 1.34. The fourth-order valence-corrected chi connectivity index (χ4v) is 4.26. The minimum absolute atomic E-state index is 0.0924. The van der Waals surface area contributed by atoms with E-state index in [1.54, 1.807) is 17.8 Å². The Hall–Kier alpha value is -3.41. The molecule has 2 aromatic rings. The maximum absolute atomic E-state index is 13.0. The number of amides is 3. The van der Waals surface area contributed by atoms with Crippen molar-refractivity contribution in [1.82, 2.24) is 25.3 Å². The van der Waals surface area contributed by atoms with Gasteiger partial charge in [-0.25, -0.2) is 4.98 Å². The van der Waals surface area contributed by atoms with Gasteiger partial charge in [0.25, 0.3) is 17.7 Å². The number of aromatic nitrogens is 2.